The summed E-state index contributed by atoms with van der Waals surface area (Å²) in [6.07, 6.45) is 0.732. The van der Waals surface area contributed by atoms with Gasteiger partial charge in [-0.3, -0.25) is 10.1 Å². The molecular formula is C13H15FN2O4. The largest absolute Gasteiger partial charge is 0.452 e. The lowest BCUT2D eigenvalue weighted by Crippen LogP contribution is -2.41. The number of ether oxygens (including phenoxy) is 1. The maximum atomic E-state index is 12.9. The Labute approximate surface area is 115 Å². The number of amides is 3. The van der Waals surface area contributed by atoms with Gasteiger partial charge >= 0.3 is 12.0 Å². The number of benzene rings is 1. The molecule has 0 heterocycles. The molecule has 0 fully saturated rings. The molecule has 0 atom stereocenters. The van der Waals surface area contributed by atoms with E-state index < -0.39 is 30.3 Å². The minimum absolute atomic E-state index is 0.00626. The van der Waals surface area contributed by atoms with Gasteiger partial charge in [0, 0.05) is 6.54 Å². The molecule has 0 bridgehead atoms. The molecule has 1 aromatic carbocycles. The summed E-state index contributed by atoms with van der Waals surface area (Å²) in [5.74, 6) is -2.18. The van der Waals surface area contributed by atoms with Crippen molar-refractivity contribution in [2.45, 2.75) is 13.3 Å². The minimum atomic E-state index is -0.839. The van der Waals surface area contributed by atoms with E-state index in [9.17, 15) is 18.8 Å². The van der Waals surface area contributed by atoms with Gasteiger partial charge in [0.05, 0.1) is 5.56 Å². The highest BCUT2D eigenvalue weighted by Crippen LogP contribution is 2.04. The fourth-order valence-electron chi connectivity index (χ4n) is 1.28. The van der Waals surface area contributed by atoms with Crippen LogP contribution in [0.5, 0.6) is 0 Å². The molecule has 0 spiro atoms. The van der Waals surface area contributed by atoms with E-state index in [2.05, 4.69) is 10.1 Å². The topological polar surface area (TPSA) is 84.5 Å². The van der Waals surface area contributed by atoms with E-state index in [1.54, 1.807) is 0 Å². The Morgan fingerprint density at radius 3 is 2.70 bits per heavy atom. The second-order valence-corrected chi connectivity index (χ2v) is 3.89. The molecule has 0 aliphatic rings. The van der Waals surface area contributed by atoms with E-state index in [1.807, 2.05) is 12.2 Å². The van der Waals surface area contributed by atoms with Crippen molar-refractivity contribution < 1.29 is 23.5 Å². The van der Waals surface area contributed by atoms with Crippen molar-refractivity contribution in [3.63, 3.8) is 0 Å². The van der Waals surface area contributed by atoms with E-state index >= 15 is 0 Å². The van der Waals surface area contributed by atoms with Gasteiger partial charge in [0.15, 0.2) is 6.61 Å². The lowest BCUT2D eigenvalue weighted by Gasteiger charge is -2.06. The predicted molar refractivity (Wildman–Crippen MR) is 68.5 cm³/mol. The van der Waals surface area contributed by atoms with Crippen LogP contribution >= 0.6 is 0 Å². The highest BCUT2D eigenvalue weighted by molar-refractivity contribution is 5.96. The first-order valence-electron chi connectivity index (χ1n) is 6.03. The van der Waals surface area contributed by atoms with Crippen molar-refractivity contribution in [2.24, 2.45) is 0 Å². The third-order valence-electron chi connectivity index (χ3n) is 2.18. The van der Waals surface area contributed by atoms with Gasteiger partial charge in [-0.15, -0.1) is 0 Å². The zero-order valence-corrected chi connectivity index (χ0v) is 10.9. The lowest BCUT2D eigenvalue weighted by molar-refractivity contribution is -0.123. The monoisotopic (exact) mass is 282 g/mol. The Hall–Kier alpha value is -2.44. The number of carbonyl (C=O) groups excluding carboxylic acids is 3. The summed E-state index contributed by atoms with van der Waals surface area (Å²) in [5.41, 5.74) is -0.00626. The number of hydrogen-bond acceptors (Lipinski definition) is 4. The summed E-state index contributed by atoms with van der Waals surface area (Å²) < 4.78 is 17.5. The molecule has 0 aromatic heterocycles. The third-order valence-corrected chi connectivity index (χ3v) is 2.18. The number of imide groups is 1. The SMILES string of the molecule is CCCNC(=O)NC(=O)COC(=O)c1cccc(F)c1. The van der Waals surface area contributed by atoms with Crippen molar-refractivity contribution in [3.05, 3.63) is 35.6 Å². The number of hydrogen-bond donors (Lipinski definition) is 2. The van der Waals surface area contributed by atoms with Crippen LogP contribution in [0.4, 0.5) is 9.18 Å². The first-order valence-corrected chi connectivity index (χ1v) is 6.03. The molecule has 0 saturated heterocycles. The smallest absolute Gasteiger partial charge is 0.338 e. The van der Waals surface area contributed by atoms with Crippen LogP contribution in [-0.2, 0) is 9.53 Å². The Morgan fingerprint density at radius 1 is 1.30 bits per heavy atom. The van der Waals surface area contributed by atoms with Crippen LogP contribution in [-0.4, -0.2) is 31.1 Å². The van der Waals surface area contributed by atoms with E-state index in [4.69, 9.17) is 0 Å². The molecule has 0 aliphatic carbocycles. The molecule has 0 aliphatic heterocycles. The van der Waals surface area contributed by atoms with Crippen molar-refractivity contribution >= 4 is 17.9 Å². The van der Waals surface area contributed by atoms with Crippen molar-refractivity contribution in [1.29, 1.82) is 0 Å². The summed E-state index contributed by atoms with van der Waals surface area (Å²) in [4.78, 5) is 33.9. The van der Waals surface area contributed by atoms with E-state index in [1.165, 1.54) is 18.2 Å². The maximum Gasteiger partial charge on any atom is 0.338 e. The van der Waals surface area contributed by atoms with Gasteiger partial charge in [0.25, 0.3) is 5.91 Å². The fraction of sp³-hybridized carbons (Fsp3) is 0.308. The quantitative estimate of drug-likeness (QED) is 0.795. The zero-order valence-electron chi connectivity index (χ0n) is 10.9. The second-order valence-electron chi connectivity index (χ2n) is 3.89. The number of nitrogens with one attached hydrogen (secondary N) is 2. The first-order chi connectivity index (χ1) is 9.52. The summed E-state index contributed by atoms with van der Waals surface area (Å²) >= 11 is 0. The Morgan fingerprint density at radius 2 is 2.05 bits per heavy atom. The Kier molecular flexibility index (Phi) is 6.15. The minimum Gasteiger partial charge on any atom is -0.452 e. The van der Waals surface area contributed by atoms with Crippen LogP contribution in [0.3, 0.4) is 0 Å². The molecule has 1 aromatic rings. The molecule has 3 amide bonds. The van der Waals surface area contributed by atoms with Crippen LogP contribution < -0.4 is 10.6 Å². The lowest BCUT2D eigenvalue weighted by atomic mass is 10.2. The van der Waals surface area contributed by atoms with Crippen LogP contribution in [0.15, 0.2) is 24.3 Å². The van der Waals surface area contributed by atoms with Crippen molar-refractivity contribution in [1.82, 2.24) is 10.6 Å². The fourth-order valence-corrected chi connectivity index (χ4v) is 1.28. The molecule has 20 heavy (non-hydrogen) atoms. The van der Waals surface area contributed by atoms with Gasteiger partial charge in [-0.05, 0) is 24.6 Å². The first kappa shape index (κ1) is 15.6. The average molecular weight is 282 g/mol. The summed E-state index contributed by atoms with van der Waals surface area (Å²) in [5, 5.41) is 4.42. The summed E-state index contributed by atoms with van der Waals surface area (Å²) in [7, 11) is 0. The van der Waals surface area contributed by atoms with Crippen LogP contribution in [0, 0.1) is 5.82 Å². The number of rotatable bonds is 5. The zero-order chi connectivity index (χ0) is 15.0. The Balaban J connectivity index is 2.37. The number of esters is 1. The van der Waals surface area contributed by atoms with Gasteiger partial charge in [-0.1, -0.05) is 13.0 Å². The van der Waals surface area contributed by atoms with Gasteiger partial charge in [0.2, 0.25) is 0 Å². The molecule has 0 saturated carbocycles. The molecule has 0 radical (unpaired) electrons. The molecular weight excluding hydrogens is 267 g/mol. The normalized spacial score (nSPS) is 9.70. The second kappa shape index (κ2) is 7.88. The van der Waals surface area contributed by atoms with Crippen LogP contribution in [0.25, 0.3) is 0 Å². The van der Waals surface area contributed by atoms with Crippen molar-refractivity contribution in [2.75, 3.05) is 13.2 Å². The highest BCUT2D eigenvalue weighted by atomic mass is 19.1. The highest BCUT2D eigenvalue weighted by Gasteiger charge is 2.12. The predicted octanol–water partition coefficient (Wildman–Crippen LogP) is 1.22. The summed E-state index contributed by atoms with van der Waals surface area (Å²) in [6, 6.07) is 4.23. The molecule has 0 unspecified atom stereocenters. The van der Waals surface area contributed by atoms with E-state index in [0.717, 1.165) is 12.5 Å². The van der Waals surface area contributed by atoms with Crippen molar-refractivity contribution in [3.8, 4) is 0 Å². The molecule has 6 nitrogen and oxygen atoms in total. The Bertz CT molecular complexity index is 505. The molecule has 7 heteroatoms. The number of carbonyl (C=O) groups is 3. The maximum absolute atomic E-state index is 12.9. The van der Waals surface area contributed by atoms with E-state index in [-0.39, 0.29) is 5.56 Å². The van der Waals surface area contributed by atoms with Gasteiger partial charge in [-0.2, -0.15) is 0 Å². The van der Waals surface area contributed by atoms with Gasteiger partial charge < -0.3 is 10.1 Å². The third kappa shape index (κ3) is 5.47. The summed E-state index contributed by atoms with van der Waals surface area (Å²) in [6.45, 7) is 1.68. The standard InChI is InChI=1S/C13H15FN2O4/c1-2-6-15-13(19)16-11(17)8-20-12(18)9-4-3-5-10(14)7-9/h3-5,7H,2,6,8H2,1H3,(H2,15,16,17,19). The average Bonchev–Trinajstić information content (AvgIpc) is 2.42. The van der Waals surface area contributed by atoms with E-state index in [0.29, 0.717) is 6.54 Å². The molecule has 1 rings (SSSR count). The van der Waals surface area contributed by atoms with Crippen LogP contribution in [0.2, 0.25) is 0 Å². The molecule has 108 valence electrons. The van der Waals surface area contributed by atoms with Crippen LogP contribution in [0.1, 0.15) is 23.7 Å². The van der Waals surface area contributed by atoms with Gasteiger partial charge in [0.1, 0.15) is 5.82 Å². The number of urea groups is 1. The molecule has 2 N–H and O–H groups in total. The van der Waals surface area contributed by atoms with Gasteiger partial charge in [-0.25, -0.2) is 14.0 Å². The number of halogens is 1.